The third-order valence-corrected chi connectivity index (χ3v) is 5.36. The second-order valence-electron chi connectivity index (χ2n) is 6.98. The summed E-state index contributed by atoms with van der Waals surface area (Å²) in [5.74, 6) is 0.778. The second-order valence-corrected chi connectivity index (χ2v) is 7.42. The van der Waals surface area contributed by atoms with Gasteiger partial charge in [0.25, 0.3) is 0 Å². The third-order valence-electron chi connectivity index (χ3n) is 5.13. The molecule has 0 spiro atoms. The largest absolute Gasteiger partial charge is 0.369 e. The summed E-state index contributed by atoms with van der Waals surface area (Å²) in [6.45, 7) is 2.79. The summed E-state index contributed by atoms with van der Waals surface area (Å²) in [6, 6.07) is 14.1. The van der Waals surface area contributed by atoms with Crippen LogP contribution in [0.3, 0.4) is 0 Å². The molecule has 0 radical (unpaired) electrons. The number of hydrogen-bond acceptors (Lipinski definition) is 4. The molecule has 2 aromatic carbocycles. The second kappa shape index (κ2) is 7.22. The van der Waals surface area contributed by atoms with Gasteiger partial charge in [0.15, 0.2) is 5.65 Å². The number of nitrogens with zero attached hydrogens (tertiary/aromatic N) is 4. The minimum absolute atomic E-state index is 0.667. The first kappa shape index (κ1) is 17.7. The maximum absolute atomic E-state index is 6.19. The predicted octanol–water partition coefficient (Wildman–Crippen LogP) is 4.91. The maximum atomic E-state index is 6.19. The molecule has 0 atom stereocenters. The van der Waals surface area contributed by atoms with Gasteiger partial charge in [-0.05, 0) is 42.7 Å². The highest BCUT2D eigenvalue weighted by molar-refractivity contribution is 6.30. The summed E-state index contributed by atoms with van der Waals surface area (Å²) < 4.78 is 1.81. The normalized spacial score (nSPS) is 11.4. The van der Waals surface area contributed by atoms with E-state index in [1.54, 1.807) is 12.5 Å². The Kier molecular flexibility index (Phi) is 4.41. The van der Waals surface area contributed by atoms with Crippen LogP contribution in [0.25, 0.3) is 27.6 Å². The summed E-state index contributed by atoms with van der Waals surface area (Å²) in [7, 11) is 0. The van der Waals surface area contributed by atoms with Crippen LogP contribution < -0.4 is 5.32 Å². The van der Waals surface area contributed by atoms with Crippen LogP contribution in [0.15, 0.2) is 61.2 Å². The lowest BCUT2D eigenvalue weighted by atomic mass is 10.1. The molecule has 144 valence electrons. The van der Waals surface area contributed by atoms with Gasteiger partial charge in [0, 0.05) is 28.7 Å². The van der Waals surface area contributed by atoms with Crippen LogP contribution >= 0.6 is 11.6 Å². The standard InChI is InChI=1S/C22H19ClN6/c1-14-6-7-16(23)10-20(14)29-22-18(12-28-29)21(26-13-27-22)24-9-8-15-11-25-19-5-3-2-4-17(15)19/h2-7,10-13,25H,8-9H2,1H3,(H,24,26,27). The predicted molar refractivity (Wildman–Crippen MR) is 117 cm³/mol. The van der Waals surface area contributed by atoms with Crippen molar-refractivity contribution in [3.8, 4) is 5.69 Å². The molecule has 29 heavy (non-hydrogen) atoms. The zero-order valence-corrected chi connectivity index (χ0v) is 16.6. The van der Waals surface area contributed by atoms with Gasteiger partial charge in [-0.2, -0.15) is 5.10 Å². The number of halogens is 1. The zero-order valence-electron chi connectivity index (χ0n) is 15.9. The van der Waals surface area contributed by atoms with E-state index >= 15 is 0 Å². The minimum Gasteiger partial charge on any atom is -0.369 e. The molecule has 0 saturated heterocycles. The maximum Gasteiger partial charge on any atom is 0.168 e. The van der Waals surface area contributed by atoms with Gasteiger partial charge in [-0.15, -0.1) is 0 Å². The summed E-state index contributed by atoms with van der Waals surface area (Å²) in [6.07, 6.45) is 6.32. The van der Waals surface area contributed by atoms with Crippen molar-refractivity contribution in [3.63, 3.8) is 0 Å². The molecule has 0 unspecified atom stereocenters. The highest BCUT2D eigenvalue weighted by Gasteiger charge is 2.13. The lowest BCUT2D eigenvalue weighted by Crippen LogP contribution is -2.07. The van der Waals surface area contributed by atoms with E-state index in [4.69, 9.17) is 11.6 Å². The number of nitrogens with one attached hydrogen (secondary N) is 2. The van der Waals surface area contributed by atoms with Gasteiger partial charge in [-0.25, -0.2) is 14.6 Å². The van der Waals surface area contributed by atoms with Crippen molar-refractivity contribution in [2.75, 3.05) is 11.9 Å². The lowest BCUT2D eigenvalue weighted by Gasteiger charge is -2.09. The number of fused-ring (bicyclic) bond motifs is 2. The van der Waals surface area contributed by atoms with Crippen molar-refractivity contribution < 1.29 is 0 Å². The minimum atomic E-state index is 0.667. The number of anilines is 1. The van der Waals surface area contributed by atoms with Crippen LogP contribution in [-0.2, 0) is 6.42 Å². The average molecular weight is 403 g/mol. The fourth-order valence-electron chi connectivity index (χ4n) is 3.63. The number of para-hydroxylation sites is 1. The van der Waals surface area contributed by atoms with Crippen LogP contribution in [0.2, 0.25) is 5.02 Å². The van der Waals surface area contributed by atoms with Crippen LogP contribution in [0.4, 0.5) is 5.82 Å². The van der Waals surface area contributed by atoms with Crippen LogP contribution in [0, 0.1) is 6.92 Å². The average Bonchev–Trinajstić information content (AvgIpc) is 3.35. The topological polar surface area (TPSA) is 71.4 Å². The molecule has 6 nitrogen and oxygen atoms in total. The van der Waals surface area contributed by atoms with Crippen molar-refractivity contribution >= 4 is 39.4 Å². The van der Waals surface area contributed by atoms with Crippen molar-refractivity contribution in [2.24, 2.45) is 0 Å². The van der Waals surface area contributed by atoms with E-state index in [-0.39, 0.29) is 0 Å². The molecule has 0 aliphatic rings. The Bertz CT molecular complexity index is 1320. The van der Waals surface area contributed by atoms with Crippen LogP contribution in [-0.4, -0.2) is 31.3 Å². The zero-order chi connectivity index (χ0) is 19.8. The van der Waals surface area contributed by atoms with Crippen LogP contribution in [0.1, 0.15) is 11.1 Å². The number of aromatic amines is 1. The molecule has 0 saturated carbocycles. The van der Waals surface area contributed by atoms with Crippen molar-refractivity contribution in [3.05, 3.63) is 77.3 Å². The van der Waals surface area contributed by atoms with E-state index in [1.165, 1.54) is 10.9 Å². The van der Waals surface area contributed by atoms with E-state index in [0.717, 1.165) is 46.6 Å². The first-order valence-corrected chi connectivity index (χ1v) is 9.82. The first-order chi connectivity index (χ1) is 14.2. The Morgan fingerprint density at radius 2 is 2.00 bits per heavy atom. The number of aryl methyl sites for hydroxylation is 1. The van der Waals surface area contributed by atoms with Gasteiger partial charge in [0.05, 0.1) is 17.3 Å². The van der Waals surface area contributed by atoms with Crippen molar-refractivity contribution in [1.29, 1.82) is 0 Å². The summed E-state index contributed by atoms with van der Waals surface area (Å²) in [4.78, 5) is 12.2. The van der Waals surface area contributed by atoms with E-state index in [0.29, 0.717) is 5.02 Å². The van der Waals surface area contributed by atoms with E-state index in [1.807, 2.05) is 35.9 Å². The highest BCUT2D eigenvalue weighted by atomic mass is 35.5. The molecule has 0 aliphatic carbocycles. The Hall–Kier alpha value is -3.38. The number of hydrogen-bond donors (Lipinski definition) is 2. The third kappa shape index (κ3) is 3.21. The van der Waals surface area contributed by atoms with Crippen LogP contribution in [0.5, 0.6) is 0 Å². The van der Waals surface area contributed by atoms with Crippen molar-refractivity contribution in [2.45, 2.75) is 13.3 Å². The molecule has 0 aliphatic heterocycles. The Balaban J connectivity index is 1.41. The fourth-order valence-corrected chi connectivity index (χ4v) is 3.79. The quantitative estimate of drug-likeness (QED) is 0.438. The summed E-state index contributed by atoms with van der Waals surface area (Å²) in [5, 5.41) is 10.8. The molecular weight excluding hydrogens is 384 g/mol. The van der Waals surface area contributed by atoms with Gasteiger partial charge in [-0.1, -0.05) is 35.9 Å². The van der Waals surface area contributed by atoms with E-state index < -0.39 is 0 Å². The number of benzene rings is 2. The SMILES string of the molecule is Cc1ccc(Cl)cc1-n1ncc2c(NCCc3c[nH]c4ccccc34)ncnc21. The van der Waals surface area contributed by atoms with Gasteiger partial charge in [0.1, 0.15) is 12.1 Å². The fraction of sp³-hybridized carbons (Fsp3) is 0.136. The Labute approximate surface area is 172 Å². The van der Waals surface area contributed by atoms with Crippen molar-refractivity contribution in [1.82, 2.24) is 24.7 Å². The van der Waals surface area contributed by atoms with Gasteiger partial charge in [-0.3, -0.25) is 0 Å². The first-order valence-electron chi connectivity index (χ1n) is 9.45. The Morgan fingerprint density at radius 1 is 1.10 bits per heavy atom. The number of H-pyrrole nitrogens is 1. The molecule has 3 heterocycles. The number of rotatable bonds is 5. The number of aromatic nitrogens is 5. The molecule has 0 amide bonds. The molecule has 0 bridgehead atoms. The molecule has 5 rings (SSSR count). The Morgan fingerprint density at radius 3 is 2.93 bits per heavy atom. The van der Waals surface area contributed by atoms with Gasteiger partial charge >= 0.3 is 0 Å². The summed E-state index contributed by atoms with van der Waals surface area (Å²) >= 11 is 6.19. The van der Waals surface area contributed by atoms with E-state index in [2.05, 4.69) is 49.8 Å². The summed E-state index contributed by atoms with van der Waals surface area (Å²) in [5.41, 5.74) is 5.18. The highest BCUT2D eigenvalue weighted by Crippen LogP contribution is 2.25. The van der Waals surface area contributed by atoms with Gasteiger partial charge in [0.2, 0.25) is 0 Å². The molecule has 0 fully saturated rings. The molecule has 3 aromatic heterocycles. The molecule has 7 heteroatoms. The lowest BCUT2D eigenvalue weighted by molar-refractivity contribution is 0.887. The smallest absolute Gasteiger partial charge is 0.168 e. The molecular formula is C22H19ClN6. The molecule has 2 N–H and O–H groups in total. The van der Waals surface area contributed by atoms with Gasteiger partial charge < -0.3 is 10.3 Å². The monoisotopic (exact) mass is 402 g/mol. The van der Waals surface area contributed by atoms with E-state index in [9.17, 15) is 0 Å². The molecule has 5 aromatic rings.